The summed E-state index contributed by atoms with van der Waals surface area (Å²) >= 11 is 0. The number of aryl methyl sites for hydroxylation is 1. The number of nitrogens with one attached hydrogen (secondary N) is 2. The fourth-order valence-electron chi connectivity index (χ4n) is 3.94. The molecule has 1 aromatic heterocycles. The van der Waals surface area contributed by atoms with Crippen LogP contribution in [0.15, 0.2) is 54.4 Å². The SMILES string of the molecule is CCN(CC)CCNC(=O)/C(=C\c1cn(C)c2ccccc12)NC(=O)c1ccc(OC)c(OC)c1. The number of ether oxygens (including phenoxy) is 2. The molecule has 0 bridgehead atoms. The third-order valence-corrected chi connectivity index (χ3v) is 5.97. The molecule has 0 aliphatic carbocycles. The van der Waals surface area contributed by atoms with Gasteiger partial charge >= 0.3 is 0 Å². The number of aromatic nitrogens is 1. The van der Waals surface area contributed by atoms with E-state index in [1.807, 2.05) is 42.1 Å². The zero-order valence-corrected chi connectivity index (χ0v) is 21.1. The third-order valence-electron chi connectivity index (χ3n) is 5.97. The van der Waals surface area contributed by atoms with Crippen LogP contribution in [0.5, 0.6) is 11.5 Å². The van der Waals surface area contributed by atoms with E-state index >= 15 is 0 Å². The predicted molar refractivity (Wildman–Crippen MR) is 139 cm³/mol. The summed E-state index contributed by atoms with van der Waals surface area (Å²) in [6.45, 7) is 7.17. The van der Waals surface area contributed by atoms with Crippen LogP contribution < -0.4 is 20.1 Å². The van der Waals surface area contributed by atoms with Gasteiger partial charge in [-0.2, -0.15) is 0 Å². The number of nitrogens with zero attached hydrogens (tertiary/aromatic N) is 2. The van der Waals surface area contributed by atoms with Crippen LogP contribution in [-0.2, 0) is 11.8 Å². The lowest BCUT2D eigenvalue weighted by molar-refractivity contribution is -0.117. The maximum Gasteiger partial charge on any atom is 0.267 e. The molecule has 0 unspecified atom stereocenters. The van der Waals surface area contributed by atoms with Crippen molar-refractivity contribution in [2.75, 3.05) is 40.4 Å². The van der Waals surface area contributed by atoms with Gasteiger partial charge < -0.3 is 29.6 Å². The fourth-order valence-corrected chi connectivity index (χ4v) is 3.94. The minimum Gasteiger partial charge on any atom is -0.493 e. The largest absolute Gasteiger partial charge is 0.493 e. The summed E-state index contributed by atoms with van der Waals surface area (Å²) in [5.74, 6) is 0.184. The quantitative estimate of drug-likeness (QED) is 0.413. The molecule has 0 saturated carbocycles. The highest BCUT2D eigenvalue weighted by atomic mass is 16.5. The van der Waals surface area contributed by atoms with E-state index in [1.165, 1.54) is 14.2 Å². The number of rotatable bonds is 11. The van der Waals surface area contributed by atoms with Gasteiger partial charge in [-0.25, -0.2) is 0 Å². The van der Waals surface area contributed by atoms with Crippen molar-refractivity contribution in [3.05, 3.63) is 65.5 Å². The lowest BCUT2D eigenvalue weighted by Crippen LogP contribution is -2.39. The second-order valence-corrected chi connectivity index (χ2v) is 8.08. The zero-order valence-electron chi connectivity index (χ0n) is 21.1. The van der Waals surface area contributed by atoms with Gasteiger partial charge in [-0.1, -0.05) is 32.0 Å². The normalized spacial score (nSPS) is 11.5. The lowest BCUT2D eigenvalue weighted by atomic mass is 10.1. The zero-order chi connectivity index (χ0) is 25.4. The molecule has 8 heteroatoms. The molecule has 8 nitrogen and oxygen atoms in total. The van der Waals surface area contributed by atoms with E-state index in [0.717, 1.165) is 36.1 Å². The second kappa shape index (κ2) is 12.1. The fraction of sp³-hybridized carbons (Fsp3) is 0.333. The standard InChI is InChI=1S/C27H34N4O4/c1-6-31(7-2)15-14-28-27(33)22(16-20-18-30(3)23-11-9-8-10-21(20)23)29-26(32)19-12-13-24(34-4)25(17-19)35-5/h8-13,16-18H,6-7,14-15H2,1-5H3,(H,28,33)(H,29,32)/b22-16+. The van der Waals surface area contributed by atoms with E-state index < -0.39 is 5.91 Å². The highest BCUT2D eigenvalue weighted by Crippen LogP contribution is 2.28. The number of benzene rings is 2. The number of carbonyl (C=O) groups is 2. The molecule has 186 valence electrons. The van der Waals surface area contributed by atoms with E-state index in [9.17, 15) is 9.59 Å². The van der Waals surface area contributed by atoms with Crippen molar-refractivity contribution in [3.8, 4) is 11.5 Å². The van der Waals surface area contributed by atoms with Crippen LogP contribution in [0.2, 0.25) is 0 Å². The molecular formula is C27H34N4O4. The molecule has 0 spiro atoms. The van der Waals surface area contributed by atoms with Crippen LogP contribution >= 0.6 is 0 Å². The monoisotopic (exact) mass is 478 g/mol. The summed E-state index contributed by atoms with van der Waals surface area (Å²) in [6, 6.07) is 12.8. The Morgan fingerprint density at radius 3 is 2.43 bits per heavy atom. The summed E-state index contributed by atoms with van der Waals surface area (Å²) in [5, 5.41) is 6.73. The van der Waals surface area contributed by atoms with E-state index in [4.69, 9.17) is 9.47 Å². The van der Waals surface area contributed by atoms with Crippen molar-refractivity contribution in [1.29, 1.82) is 0 Å². The van der Waals surface area contributed by atoms with Crippen molar-refractivity contribution in [1.82, 2.24) is 20.1 Å². The maximum absolute atomic E-state index is 13.2. The van der Waals surface area contributed by atoms with Gasteiger partial charge in [0.15, 0.2) is 11.5 Å². The molecule has 0 fully saturated rings. The summed E-state index contributed by atoms with van der Waals surface area (Å²) in [4.78, 5) is 28.5. The Hall–Kier alpha value is -3.78. The van der Waals surface area contributed by atoms with Crippen molar-refractivity contribution in [2.45, 2.75) is 13.8 Å². The highest BCUT2D eigenvalue weighted by molar-refractivity contribution is 6.06. The molecule has 1 heterocycles. The Kier molecular flexibility index (Phi) is 8.92. The summed E-state index contributed by atoms with van der Waals surface area (Å²) in [7, 11) is 4.99. The van der Waals surface area contributed by atoms with Crippen LogP contribution in [0.3, 0.4) is 0 Å². The van der Waals surface area contributed by atoms with Crippen molar-refractivity contribution in [2.24, 2.45) is 7.05 Å². The first-order chi connectivity index (χ1) is 16.9. The number of amides is 2. The molecule has 0 aliphatic heterocycles. The van der Waals surface area contributed by atoms with Gasteiger partial charge in [-0.3, -0.25) is 9.59 Å². The van der Waals surface area contributed by atoms with Crippen LogP contribution in [0.1, 0.15) is 29.8 Å². The molecule has 0 saturated heterocycles. The van der Waals surface area contributed by atoms with E-state index in [1.54, 1.807) is 24.3 Å². The number of carbonyl (C=O) groups excluding carboxylic acids is 2. The smallest absolute Gasteiger partial charge is 0.267 e. The van der Waals surface area contributed by atoms with Gasteiger partial charge in [-0.15, -0.1) is 0 Å². The lowest BCUT2D eigenvalue weighted by Gasteiger charge is -2.18. The summed E-state index contributed by atoms with van der Waals surface area (Å²) in [6.07, 6.45) is 3.66. The van der Waals surface area contributed by atoms with E-state index in [0.29, 0.717) is 23.6 Å². The molecular weight excluding hydrogens is 444 g/mol. The first kappa shape index (κ1) is 25.8. The van der Waals surface area contributed by atoms with Gasteiger partial charge in [0.25, 0.3) is 11.8 Å². The molecule has 3 rings (SSSR count). The van der Waals surface area contributed by atoms with Crippen LogP contribution in [-0.4, -0.2) is 61.7 Å². The predicted octanol–water partition coefficient (Wildman–Crippen LogP) is 3.42. The minimum atomic E-state index is -0.420. The average molecular weight is 479 g/mol. The molecule has 2 aromatic carbocycles. The summed E-state index contributed by atoms with van der Waals surface area (Å²) < 4.78 is 12.6. The Labute approximate surface area is 206 Å². The number of likely N-dealkylation sites (N-methyl/N-ethyl adjacent to an activating group) is 1. The molecule has 0 aliphatic rings. The van der Waals surface area contributed by atoms with Crippen molar-refractivity contribution < 1.29 is 19.1 Å². The van der Waals surface area contributed by atoms with Gasteiger partial charge in [0.05, 0.1) is 14.2 Å². The third kappa shape index (κ3) is 6.22. The van der Waals surface area contributed by atoms with Gasteiger partial charge in [0.1, 0.15) is 5.70 Å². The Morgan fingerprint density at radius 1 is 1.03 bits per heavy atom. The molecule has 0 radical (unpaired) electrons. The number of hydrogen-bond donors (Lipinski definition) is 2. The Balaban J connectivity index is 1.91. The van der Waals surface area contributed by atoms with Crippen LogP contribution in [0.4, 0.5) is 0 Å². The molecule has 2 N–H and O–H groups in total. The van der Waals surface area contributed by atoms with Gasteiger partial charge in [0, 0.05) is 48.4 Å². The Morgan fingerprint density at radius 2 is 1.74 bits per heavy atom. The highest BCUT2D eigenvalue weighted by Gasteiger charge is 2.18. The van der Waals surface area contributed by atoms with Gasteiger partial charge in [-0.05, 0) is 43.4 Å². The molecule has 35 heavy (non-hydrogen) atoms. The number of methoxy groups -OCH3 is 2. The molecule has 0 atom stereocenters. The number of hydrogen-bond acceptors (Lipinski definition) is 5. The molecule has 2 amide bonds. The Bertz CT molecular complexity index is 1210. The number of para-hydroxylation sites is 1. The second-order valence-electron chi connectivity index (χ2n) is 8.08. The van der Waals surface area contributed by atoms with E-state index in [2.05, 4.69) is 29.4 Å². The minimum absolute atomic E-state index is 0.167. The topological polar surface area (TPSA) is 84.8 Å². The van der Waals surface area contributed by atoms with Crippen molar-refractivity contribution in [3.63, 3.8) is 0 Å². The average Bonchev–Trinajstić information content (AvgIpc) is 3.20. The van der Waals surface area contributed by atoms with Gasteiger partial charge in [0.2, 0.25) is 0 Å². The summed E-state index contributed by atoms with van der Waals surface area (Å²) in [5.41, 5.74) is 2.39. The first-order valence-corrected chi connectivity index (χ1v) is 11.7. The van der Waals surface area contributed by atoms with Crippen LogP contribution in [0.25, 0.3) is 17.0 Å². The van der Waals surface area contributed by atoms with Crippen molar-refractivity contribution >= 4 is 28.8 Å². The number of fused-ring (bicyclic) bond motifs is 1. The first-order valence-electron chi connectivity index (χ1n) is 11.7. The van der Waals surface area contributed by atoms with Crippen LogP contribution in [0, 0.1) is 0 Å². The van der Waals surface area contributed by atoms with E-state index in [-0.39, 0.29) is 11.6 Å². The maximum atomic E-state index is 13.2. The molecule has 3 aromatic rings.